The number of halogens is 3. The fourth-order valence-electron chi connectivity index (χ4n) is 1.38. The Balaban J connectivity index is 2.49. The van der Waals surface area contributed by atoms with Crippen LogP contribution in [0.4, 0.5) is 5.69 Å². The maximum absolute atomic E-state index is 11.0. The first-order chi connectivity index (χ1) is 8.50. The number of benzene rings is 1. The number of nitro groups is 1. The number of para-hydroxylation sites is 2. The summed E-state index contributed by atoms with van der Waals surface area (Å²) in [5, 5.41) is 13.3. The van der Waals surface area contributed by atoms with Gasteiger partial charge in [0, 0.05) is 0 Å². The van der Waals surface area contributed by atoms with Crippen LogP contribution in [0.25, 0.3) is 0 Å². The van der Waals surface area contributed by atoms with Crippen LogP contribution < -0.4 is 10.1 Å². The minimum Gasteiger partial charge on any atom is -0.433 e. The topological polar surface area (TPSA) is 64.4 Å². The fraction of sp³-hybridized carbons (Fsp3) is 0. The molecule has 0 saturated carbocycles. The molecule has 0 spiro atoms. The van der Waals surface area contributed by atoms with Crippen LogP contribution in [0.15, 0.2) is 45.4 Å². The van der Waals surface area contributed by atoms with Gasteiger partial charge in [-0.1, -0.05) is 46.9 Å². The molecule has 1 N–H and O–H groups in total. The third kappa shape index (κ3) is 2.38. The molecule has 0 bridgehead atoms. The van der Waals surface area contributed by atoms with Crippen LogP contribution in [0.2, 0.25) is 0 Å². The third-order valence-electron chi connectivity index (χ3n) is 2.12. The van der Waals surface area contributed by atoms with Crippen LogP contribution >= 0.6 is 34.8 Å². The number of nitrogens with zero attached hydrogens (tertiary/aromatic N) is 1. The van der Waals surface area contributed by atoms with Crippen molar-refractivity contribution in [3.05, 3.63) is 55.5 Å². The maximum atomic E-state index is 11.0. The minimum absolute atomic E-state index is 0.120. The standard InChI is InChI=1S/C10H5Cl3N2O3/c11-7(9(12)13)8(15(16)17)10-14-5-3-1-2-4-6(5)18-10/h1-4,14H/b10-8-. The molecule has 0 fully saturated rings. The summed E-state index contributed by atoms with van der Waals surface area (Å²) in [7, 11) is 0. The lowest BCUT2D eigenvalue weighted by Crippen LogP contribution is -2.10. The molecule has 8 heteroatoms. The highest BCUT2D eigenvalue weighted by Crippen LogP contribution is 2.37. The van der Waals surface area contributed by atoms with Gasteiger partial charge in [-0.3, -0.25) is 10.1 Å². The van der Waals surface area contributed by atoms with Gasteiger partial charge in [-0.25, -0.2) is 0 Å². The van der Waals surface area contributed by atoms with Crippen molar-refractivity contribution in [2.75, 3.05) is 5.32 Å². The number of hydrogen-bond acceptors (Lipinski definition) is 4. The highest BCUT2D eigenvalue weighted by molar-refractivity contribution is 6.59. The van der Waals surface area contributed by atoms with Crippen molar-refractivity contribution >= 4 is 40.5 Å². The Labute approximate surface area is 117 Å². The smallest absolute Gasteiger partial charge is 0.350 e. The summed E-state index contributed by atoms with van der Waals surface area (Å²) in [5.74, 6) is 0.340. The number of ether oxygens (including phenoxy) is 1. The molecule has 0 aliphatic carbocycles. The van der Waals surface area contributed by atoms with E-state index in [0.29, 0.717) is 11.4 Å². The van der Waals surface area contributed by atoms with E-state index in [0.717, 1.165) is 0 Å². The van der Waals surface area contributed by atoms with Gasteiger partial charge in [-0.2, -0.15) is 0 Å². The summed E-state index contributed by atoms with van der Waals surface area (Å²) in [6.07, 6.45) is 0. The number of nitrogens with one attached hydrogen (secondary N) is 1. The van der Waals surface area contributed by atoms with E-state index in [9.17, 15) is 10.1 Å². The second kappa shape index (κ2) is 5.06. The van der Waals surface area contributed by atoms with Crippen LogP contribution in [0.5, 0.6) is 5.75 Å². The average molecular weight is 308 g/mol. The summed E-state index contributed by atoms with van der Waals surface area (Å²) < 4.78 is 4.89. The van der Waals surface area contributed by atoms with Crippen molar-refractivity contribution in [1.29, 1.82) is 0 Å². The number of anilines is 1. The van der Waals surface area contributed by atoms with E-state index in [1.165, 1.54) is 0 Å². The van der Waals surface area contributed by atoms with Gasteiger partial charge in [0.15, 0.2) is 10.8 Å². The molecule has 0 aromatic heterocycles. The van der Waals surface area contributed by atoms with E-state index >= 15 is 0 Å². The van der Waals surface area contributed by atoms with Gasteiger partial charge >= 0.3 is 5.70 Å². The van der Waals surface area contributed by atoms with Gasteiger partial charge in [0.2, 0.25) is 0 Å². The molecule has 1 heterocycles. The molecule has 0 atom stereocenters. The molecule has 0 amide bonds. The van der Waals surface area contributed by atoms with E-state index in [1.807, 2.05) is 0 Å². The molecule has 0 saturated heterocycles. The molecule has 1 aromatic rings. The predicted octanol–water partition coefficient (Wildman–Crippen LogP) is 3.82. The molecule has 1 aliphatic heterocycles. The summed E-state index contributed by atoms with van der Waals surface area (Å²) >= 11 is 16.6. The van der Waals surface area contributed by atoms with Crippen LogP contribution in [-0.4, -0.2) is 4.92 Å². The lowest BCUT2D eigenvalue weighted by molar-refractivity contribution is -0.422. The number of allylic oxidation sites excluding steroid dienone is 1. The first-order valence-electron chi connectivity index (χ1n) is 4.64. The van der Waals surface area contributed by atoms with E-state index < -0.39 is 20.1 Å². The molecule has 94 valence electrons. The van der Waals surface area contributed by atoms with Crippen molar-refractivity contribution in [3.8, 4) is 5.75 Å². The molecule has 18 heavy (non-hydrogen) atoms. The molecule has 0 radical (unpaired) electrons. The first kappa shape index (κ1) is 13.0. The van der Waals surface area contributed by atoms with E-state index in [2.05, 4.69) is 5.32 Å². The van der Waals surface area contributed by atoms with E-state index in [4.69, 9.17) is 39.5 Å². The fourth-order valence-corrected chi connectivity index (χ4v) is 1.71. The van der Waals surface area contributed by atoms with Gasteiger partial charge < -0.3 is 10.1 Å². The Morgan fingerprint density at radius 3 is 2.50 bits per heavy atom. The van der Waals surface area contributed by atoms with Crippen molar-refractivity contribution in [3.63, 3.8) is 0 Å². The zero-order chi connectivity index (χ0) is 13.3. The quantitative estimate of drug-likeness (QED) is 0.666. The SMILES string of the molecule is O=[N+]([O-])/C(C(Cl)=C(Cl)Cl)=C1/Nc2ccccc2O1. The van der Waals surface area contributed by atoms with Gasteiger partial charge in [-0.05, 0) is 12.1 Å². The highest BCUT2D eigenvalue weighted by atomic mass is 35.5. The number of hydrogen-bond donors (Lipinski definition) is 1. The molecule has 1 aromatic carbocycles. The average Bonchev–Trinajstić information content (AvgIpc) is 2.71. The zero-order valence-corrected chi connectivity index (χ0v) is 10.9. The van der Waals surface area contributed by atoms with E-state index in [1.54, 1.807) is 24.3 Å². The monoisotopic (exact) mass is 306 g/mol. The predicted molar refractivity (Wildman–Crippen MR) is 69.3 cm³/mol. The number of rotatable bonds is 2. The van der Waals surface area contributed by atoms with Crippen molar-refractivity contribution < 1.29 is 9.66 Å². The van der Waals surface area contributed by atoms with Crippen molar-refractivity contribution in [1.82, 2.24) is 0 Å². The molecule has 2 rings (SSSR count). The second-order valence-corrected chi connectivity index (χ2v) is 4.56. The third-order valence-corrected chi connectivity index (χ3v) is 3.06. The Bertz CT molecular complexity index is 552. The molecular weight excluding hydrogens is 302 g/mol. The van der Waals surface area contributed by atoms with Crippen molar-refractivity contribution in [2.24, 2.45) is 0 Å². The zero-order valence-electron chi connectivity index (χ0n) is 8.62. The largest absolute Gasteiger partial charge is 0.433 e. The Morgan fingerprint density at radius 2 is 1.94 bits per heavy atom. The second-order valence-electron chi connectivity index (χ2n) is 3.23. The summed E-state index contributed by atoms with van der Waals surface area (Å²) in [6.45, 7) is 0. The Hall–Kier alpha value is -1.43. The van der Waals surface area contributed by atoms with E-state index in [-0.39, 0.29) is 5.88 Å². The van der Waals surface area contributed by atoms with Gasteiger partial charge in [0.1, 0.15) is 4.49 Å². The lowest BCUT2D eigenvalue weighted by Gasteiger charge is -2.01. The molecular formula is C10H5Cl3N2O3. The summed E-state index contributed by atoms with van der Waals surface area (Å²) in [6, 6.07) is 6.86. The van der Waals surface area contributed by atoms with Crippen LogP contribution in [0.1, 0.15) is 0 Å². The summed E-state index contributed by atoms with van der Waals surface area (Å²) in [4.78, 5) is 10.3. The van der Waals surface area contributed by atoms with Gasteiger partial charge in [0.25, 0.3) is 5.88 Å². The number of fused-ring (bicyclic) bond motifs is 1. The first-order valence-corrected chi connectivity index (χ1v) is 5.78. The van der Waals surface area contributed by atoms with Crippen molar-refractivity contribution in [2.45, 2.75) is 0 Å². The summed E-state index contributed by atoms with van der Waals surface area (Å²) in [5.41, 5.74) is 0.0786. The van der Waals surface area contributed by atoms with Crippen LogP contribution in [0, 0.1) is 10.1 Å². The molecule has 5 nitrogen and oxygen atoms in total. The molecule has 0 unspecified atom stereocenters. The minimum atomic E-state index is -0.721. The molecule has 1 aliphatic rings. The Morgan fingerprint density at radius 1 is 1.28 bits per heavy atom. The lowest BCUT2D eigenvalue weighted by atomic mass is 10.3. The Kier molecular flexibility index (Phi) is 3.65. The van der Waals surface area contributed by atoms with Crippen LogP contribution in [-0.2, 0) is 0 Å². The van der Waals surface area contributed by atoms with Crippen LogP contribution in [0.3, 0.4) is 0 Å². The normalized spacial score (nSPS) is 15.3. The van der Waals surface area contributed by atoms with Gasteiger partial charge in [0.05, 0.1) is 10.6 Å². The maximum Gasteiger partial charge on any atom is 0.350 e. The van der Waals surface area contributed by atoms with Gasteiger partial charge in [-0.15, -0.1) is 0 Å². The highest BCUT2D eigenvalue weighted by Gasteiger charge is 2.31.